The van der Waals surface area contributed by atoms with E-state index in [1.54, 1.807) is 0 Å². The van der Waals surface area contributed by atoms with E-state index in [1.165, 1.54) is 0 Å². The van der Waals surface area contributed by atoms with Crippen LogP contribution in [0.5, 0.6) is 0 Å². The van der Waals surface area contributed by atoms with E-state index in [2.05, 4.69) is 77.3 Å². The fraction of sp³-hybridized carbons (Fsp3) is 0.524. The van der Waals surface area contributed by atoms with Crippen molar-refractivity contribution in [1.82, 2.24) is 19.3 Å². The molecule has 0 saturated heterocycles. The molecule has 2 unspecified atom stereocenters. The smallest absolute Gasteiger partial charge is 0.164 e. The van der Waals surface area contributed by atoms with Crippen LogP contribution < -0.4 is 0 Å². The van der Waals surface area contributed by atoms with E-state index in [1.807, 2.05) is 18.5 Å². The number of pyridine rings is 1. The van der Waals surface area contributed by atoms with Crippen molar-refractivity contribution in [2.24, 2.45) is 0 Å². The van der Waals surface area contributed by atoms with Crippen molar-refractivity contribution in [3.8, 4) is 0 Å². The minimum atomic E-state index is -1.16. The predicted molar refractivity (Wildman–Crippen MR) is 114 cm³/mol. The Balaban J connectivity index is 1.90. The molecule has 146 valence electrons. The highest BCUT2D eigenvalue weighted by molar-refractivity contribution is 6.76. The summed E-state index contributed by atoms with van der Waals surface area (Å²) in [5.74, 6) is 0. The van der Waals surface area contributed by atoms with Crippen LogP contribution in [0.1, 0.15) is 44.5 Å². The van der Waals surface area contributed by atoms with Crippen LogP contribution in [-0.4, -0.2) is 34.0 Å². The van der Waals surface area contributed by atoms with E-state index in [9.17, 15) is 0 Å². The Morgan fingerprint density at radius 3 is 2.78 bits per heavy atom. The molecule has 3 aromatic rings. The molecule has 0 amide bonds. The van der Waals surface area contributed by atoms with Gasteiger partial charge in [-0.25, -0.2) is 4.98 Å². The van der Waals surface area contributed by atoms with E-state index in [4.69, 9.17) is 4.74 Å². The largest absolute Gasteiger partial charge is 0.354 e. The maximum absolute atomic E-state index is 6.41. The van der Waals surface area contributed by atoms with Gasteiger partial charge >= 0.3 is 0 Å². The van der Waals surface area contributed by atoms with Crippen molar-refractivity contribution < 1.29 is 4.74 Å². The monoisotopic (exact) mass is 384 g/mol. The zero-order valence-electron chi connectivity index (χ0n) is 17.2. The Labute approximate surface area is 163 Å². The molecule has 0 aliphatic heterocycles. The minimum absolute atomic E-state index is 0.198. The lowest BCUT2D eigenvalue weighted by molar-refractivity contribution is 0.0433. The molecule has 0 aliphatic carbocycles. The van der Waals surface area contributed by atoms with Gasteiger partial charge in [-0.15, -0.1) is 0 Å². The van der Waals surface area contributed by atoms with Crippen LogP contribution in [0.25, 0.3) is 11.0 Å². The van der Waals surface area contributed by atoms with Crippen LogP contribution >= 0.6 is 0 Å². The lowest BCUT2D eigenvalue weighted by atomic mass is 10.2. The summed E-state index contributed by atoms with van der Waals surface area (Å²) >= 11 is 0. The van der Waals surface area contributed by atoms with Gasteiger partial charge in [0.25, 0.3) is 0 Å². The van der Waals surface area contributed by atoms with E-state index in [0.29, 0.717) is 6.04 Å². The second-order valence-corrected chi connectivity index (χ2v) is 14.2. The zero-order valence-corrected chi connectivity index (χ0v) is 18.2. The Hall–Kier alpha value is -1.92. The Bertz CT molecular complexity index is 864. The van der Waals surface area contributed by atoms with E-state index >= 15 is 0 Å². The first-order valence-electron chi connectivity index (χ1n) is 9.96. The average molecular weight is 385 g/mol. The standard InChI is InChI=1S/C21H32N4OSi/c1-6-8-17(2)25-16-19(15-23-25)21(26-13-14-27(3,4)5)24-12-10-18-9-7-11-22-20(18)24/h7,9-12,15-17,21H,6,8,13-14H2,1-5H3. The van der Waals surface area contributed by atoms with Crippen molar-refractivity contribution in [2.45, 2.75) is 64.6 Å². The van der Waals surface area contributed by atoms with Crippen molar-refractivity contribution in [3.63, 3.8) is 0 Å². The van der Waals surface area contributed by atoms with Gasteiger partial charge < -0.3 is 9.30 Å². The molecule has 0 radical (unpaired) electrons. The molecule has 0 bridgehead atoms. The SMILES string of the molecule is CCCC(C)n1cc(C(OCC[Si](C)(C)C)n2ccc3cccnc32)cn1. The predicted octanol–water partition coefficient (Wildman–Crippen LogP) is 5.50. The summed E-state index contributed by atoms with van der Waals surface area (Å²) in [5.41, 5.74) is 2.03. The number of rotatable bonds is 9. The third kappa shape index (κ3) is 4.87. The molecule has 3 aromatic heterocycles. The van der Waals surface area contributed by atoms with Gasteiger partial charge in [-0.2, -0.15) is 5.10 Å². The molecular formula is C21H32N4OSi. The summed E-state index contributed by atoms with van der Waals surface area (Å²) in [5, 5.41) is 5.74. The maximum Gasteiger partial charge on any atom is 0.164 e. The number of hydrogen-bond donors (Lipinski definition) is 0. The van der Waals surface area contributed by atoms with Crippen LogP contribution in [0.2, 0.25) is 25.7 Å². The van der Waals surface area contributed by atoms with Crippen LogP contribution in [0.3, 0.4) is 0 Å². The molecule has 0 aromatic carbocycles. The van der Waals surface area contributed by atoms with Crippen molar-refractivity contribution in [3.05, 3.63) is 48.5 Å². The first-order chi connectivity index (χ1) is 12.9. The van der Waals surface area contributed by atoms with Gasteiger partial charge in [0.1, 0.15) is 5.65 Å². The Kier molecular flexibility index (Phi) is 6.17. The van der Waals surface area contributed by atoms with E-state index in [-0.39, 0.29) is 6.23 Å². The van der Waals surface area contributed by atoms with Gasteiger partial charge in [0.05, 0.1) is 6.20 Å². The minimum Gasteiger partial charge on any atom is -0.354 e. The lowest BCUT2D eigenvalue weighted by Gasteiger charge is -2.22. The summed E-state index contributed by atoms with van der Waals surface area (Å²) in [7, 11) is -1.16. The fourth-order valence-electron chi connectivity index (χ4n) is 3.26. The average Bonchev–Trinajstić information content (AvgIpc) is 3.26. The van der Waals surface area contributed by atoms with E-state index < -0.39 is 8.07 Å². The maximum atomic E-state index is 6.41. The Morgan fingerprint density at radius 1 is 1.22 bits per heavy atom. The van der Waals surface area contributed by atoms with Gasteiger partial charge in [0.15, 0.2) is 6.23 Å². The molecular weight excluding hydrogens is 352 g/mol. The second kappa shape index (κ2) is 8.40. The van der Waals surface area contributed by atoms with Crippen LogP contribution in [0, 0.1) is 0 Å². The highest BCUT2D eigenvalue weighted by Gasteiger charge is 2.21. The number of nitrogens with zero attached hydrogens (tertiary/aromatic N) is 4. The summed E-state index contributed by atoms with van der Waals surface area (Å²) < 4.78 is 10.6. The van der Waals surface area contributed by atoms with Crippen molar-refractivity contribution in [1.29, 1.82) is 0 Å². The number of ether oxygens (including phenoxy) is 1. The second-order valence-electron chi connectivity index (χ2n) is 8.56. The van der Waals surface area contributed by atoms with Gasteiger partial charge in [0, 0.05) is 50.3 Å². The molecule has 27 heavy (non-hydrogen) atoms. The first-order valence-corrected chi connectivity index (χ1v) is 13.7. The molecule has 5 nitrogen and oxygen atoms in total. The van der Waals surface area contributed by atoms with Crippen LogP contribution in [0.4, 0.5) is 0 Å². The van der Waals surface area contributed by atoms with Crippen LogP contribution in [-0.2, 0) is 4.74 Å². The zero-order chi connectivity index (χ0) is 19.4. The lowest BCUT2D eigenvalue weighted by Crippen LogP contribution is -2.23. The van der Waals surface area contributed by atoms with Gasteiger partial charge in [0.2, 0.25) is 0 Å². The van der Waals surface area contributed by atoms with Crippen molar-refractivity contribution in [2.75, 3.05) is 6.61 Å². The molecule has 0 spiro atoms. The molecule has 2 atom stereocenters. The molecule has 0 N–H and O–H groups in total. The normalized spacial score (nSPS) is 14.6. The van der Waals surface area contributed by atoms with Crippen LogP contribution in [0.15, 0.2) is 43.0 Å². The summed E-state index contributed by atoms with van der Waals surface area (Å²) in [6.45, 7) is 12.3. The third-order valence-electron chi connectivity index (χ3n) is 4.92. The topological polar surface area (TPSA) is 44.9 Å². The molecule has 0 fully saturated rings. The number of aromatic nitrogens is 4. The molecule has 3 rings (SSSR count). The number of fused-ring (bicyclic) bond motifs is 1. The highest BCUT2D eigenvalue weighted by Crippen LogP contribution is 2.27. The summed E-state index contributed by atoms with van der Waals surface area (Å²) in [6, 6.07) is 7.69. The van der Waals surface area contributed by atoms with Gasteiger partial charge in [-0.1, -0.05) is 33.0 Å². The third-order valence-corrected chi connectivity index (χ3v) is 6.63. The van der Waals surface area contributed by atoms with E-state index in [0.717, 1.165) is 42.1 Å². The molecule has 0 aliphatic rings. The quantitative estimate of drug-likeness (QED) is 0.458. The van der Waals surface area contributed by atoms with Crippen molar-refractivity contribution >= 4 is 19.1 Å². The molecule has 0 saturated carbocycles. The fourth-order valence-corrected chi connectivity index (χ4v) is 3.99. The summed E-state index contributed by atoms with van der Waals surface area (Å²) in [4.78, 5) is 4.58. The molecule has 3 heterocycles. The highest BCUT2D eigenvalue weighted by atomic mass is 28.3. The first kappa shape index (κ1) is 19.8. The summed E-state index contributed by atoms with van der Waals surface area (Å²) in [6.07, 6.45) is 10.1. The Morgan fingerprint density at radius 2 is 2.04 bits per heavy atom. The molecule has 6 heteroatoms. The number of hydrogen-bond acceptors (Lipinski definition) is 3. The van der Waals surface area contributed by atoms with Gasteiger partial charge in [-0.3, -0.25) is 4.68 Å². The van der Waals surface area contributed by atoms with Gasteiger partial charge in [-0.05, 0) is 37.6 Å².